The van der Waals surface area contributed by atoms with E-state index in [1.807, 2.05) is 50.3 Å². The fraction of sp³-hybridized carbons (Fsp3) is 0.475. The summed E-state index contributed by atoms with van der Waals surface area (Å²) < 4.78 is 48.5. The van der Waals surface area contributed by atoms with Gasteiger partial charge in [-0.1, -0.05) is 11.1 Å². The van der Waals surface area contributed by atoms with Gasteiger partial charge in [-0.3, -0.25) is 0 Å². The maximum absolute atomic E-state index is 11.8. The molecular formula is C40H46O9. The SMILES string of the molecule is C/C(=C\COc1ccc2c(c1)OC1(C=C2)OC(CC/C(C)=C/COC2=C3C=COC3Cc3oc(=O)ccc32)C(C)(C)O1)CCC1OC1(C)C. The fourth-order valence-electron chi connectivity index (χ4n) is 6.80. The predicted molar refractivity (Wildman–Crippen MR) is 185 cm³/mol. The molecule has 260 valence electrons. The summed E-state index contributed by atoms with van der Waals surface area (Å²) in [6.45, 7) is 13.4. The maximum Gasteiger partial charge on any atom is 0.350 e. The largest absolute Gasteiger partial charge is 0.493 e. The van der Waals surface area contributed by atoms with E-state index in [4.69, 9.17) is 37.6 Å². The van der Waals surface area contributed by atoms with Crippen LogP contribution in [-0.2, 0) is 30.1 Å². The Bertz CT molecular complexity index is 1810. The Morgan fingerprint density at radius 3 is 2.35 bits per heavy atom. The van der Waals surface area contributed by atoms with Gasteiger partial charge in [0.1, 0.15) is 42.3 Å². The third-order valence-electron chi connectivity index (χ3n) is 9.92. The van der Waals surface area contributed by atoms with Crippen molar-refractivity contribution in [1.29, 1.82) is 0 Å². The smallest absolute Gasteiger partial charge is 0.350 e. The third-order valence-corrected chi connectivity index (χ3v) is 9.92. The highest BCUT2D eigenvalue weighted by atomic mass is 16.9. The van der Waals surface area contributed by atoms with E-state index in [2.05, 4.69) is 39.8 Å². The monoisotopic (exact) mass is 670 g/mol. The molecule has 4 unspecified atom stereocenters. The molecule has 7 rings (SSSR count). The van der Waals surface area contributed by atoms with Crippen LogP contribution in [0.15, 0.2) is 86.8 Å². The summed E-state index contributed by atoms with van der Waals surface area (Å²) in [6.07, 6.45) is 15.6. The van der Waals surface area contributed by atoms with E-state index in [9.17, 15) is 4.79 Å². The highest BCUT2D eigenvalue weighted by molar-refractivity contribution is 5.71. The van der Waals surface area contributed by atoms with Crippen molar-refractivity contribution in [3.05, 3.63) is 105 Å². The molecular weight excluding hydrogens is 624 g/mol. The van der Waals surface area contributed by atoms with Gasteiger partial charge in [0.05, 0.1) is 35.2 Å². The molecule has 0 bridgehead atoms. The first-order valence-electron chi connectivity index (χ1n) is 17.2. The van der Waals surface area contributed by atoms with Crippen LogP contribution in [0.3, 0.4) is 0 Å². The molecule has 9 nitrogen and oxygen atoms in total. The maximum atomic E-state index is 11.8. The van der Waals surface area contributed by atoms with Gasteiger partial charge in [-0.05, 0) is 110 Å². The van der Waals surface area contributed by atoms with Crippen LogP contribution in [0.5, 0.6) is 11.5 Å². The van der Waals surface area contributed by atoms with Crippen LogP contribution in [0.2, 0.25) is 0 Å². The van der Waals surface area contributed by atoms with Crippen molar-refractivity contribution < 1.29 is 37.6 Å². The van der Waals surface area contributed by atoms with Gasteiger partial charge in [0.2, 0.25) is 0 Å². The number of rotatable bonds is 12. The van der Waals surface area contributed by atoms with E-state index in [1.54, 1.807) is 12.3 Å². The minimum atomic E-state index is -1.31. The zero-order valence-corrected chi connectivity index (χ0v) is 29.2. The van der Waals surface area contributed by atoms with Crippen LogP contribution in [0.25, 0.3) is 11.8 Å². The lowest BCUT2D eigenvalue weighted by Gasteiger charge is -2.30. The van der Waals surface area contributed by atoms with Crippen LogP contribution in [0.4, 0.5) is 0 Å². The average Bonchev–Trinajstić information content (AvgIpc) is 3.31. The van der Waals surface area contributed by atoms with E-state index in [0.717, 1.165) is 53.7 Å². The van der Waals surface area contributed by atoms with Crippen molar-refractivity contribution in [1.82, 2.24) is 0 Å². The molecule has 1 spiro atoms. The first kappa shape index (κ1) is 33.4. The van der Waals surface area contributed by atoms with Gasteiger partial charge in [-0.25, -0.2) is 4.79 Å². The Kier molecular flexibility index (Phi) is 8.88. The average molecular weight is 671 g/mol. The second-order valence-corrected chi connectivity index (χ2v) is 14.6. The highest BCUT2D eigenvalue weighted by Gasteiger charge is 2.54. The van der Waals surface area contributed by atoms with Crippen molar-refractivity contribution in [3.8, 4) is 11.5 Å². The van der Waals surface area contributed by atoms with Crippen LogP contribution < -0.4 is 15.1 Å². The normalized spacial score (nSPS) is 27.3. The number of fused-ring (bicyclic) bond motifs is 3. The molecule has 1 aromatic heterocycles. The van der Waals surface area contributed by atoms with Gasteiger partial charge in [0, 0.05) is 35.8 Å². The molecule has 4 atom stereocenters. The molecule has 9 heteroatoms. The number of ether oxygens (including phenoxy) is 7. The quantitative estimate of drug-likeness (QED) is 0.166. The zero-order chi connectivity index (χ0) is 34.4. The standard InChI is InChI=1S/C40H46O9/c1-25(7-12-34-38(3,4)47-34)16-20-42-28-10-9-27-15-19-40(46-31(27)23-28)48-35(39(5,6)49-40)13-8-26(2)17-21-44-37-29-11-14-36(41)45-33(29)24-32-30(37)18-22-43-32/h9-11,14-19,22-23,32,34-35H,7-8,12-13,20-21,24H2,1-6H3/b25-16+,26-17+. The summed E-state index contributed by atoms with van der Waals surface area (Å²) >= 11 is 0. The van der Waals surface area contributed by atoms with E-state index < -0.39 is 11.6 Å². The van der Waals surface area contributed by atoms with E-state index in [1.165, 1.54) is 11.6 Å². The summed E-state index contributed by atoms with van der Waals surface area (Å²) in [5.74, 6) is 1.35. The van der Waals surface area contributed by atoms with Gasteiger partial charge < -0.3 is 37.6 Å². The summed E-state index contributed by atoms with van der Waals surface area (Å²) in [4.78, 5) is 11.8. The zero-order valence-electron chi connectivity index (χ0n) is 29.2. The lowest BCUT2D eigenvalue weighted by molar-refractivity contribution is -0.270. The molecule has 5 heterocycles. The molecule has 2 saturated heterocycles. The third kappa shape index (κ3) is 7.30. The van der Waals surface area contributed by atoms with Crippen LogP contribution in [0.1, 0.15) is 84.1 Å². The van der Waals surface area contributed by atoms with Gasteiger partial charge in [0.25, 0.3) is 0 Å². The van der Waals surface area contributed by atoms with Gasteiger partial charge in [-0.15, -0.1) is 0 Å². The van der Waals surface area contributed by atoms with Gasteiger partial charge in [0.15, 0.2) is 0 Å². The van der Waals surface area contributed by atoms with Crippen molar-refractivity contribution in [2.75, 3.05) is 13.2 Å². The minimum Gasteiger partial charge on any atom is -0.493 e. The van der Waals surface area contributed by atoms with E-state index in [0.29, 0.717) is 43.0 Å². The Morgan fingerprint density at radius 1 is 0.898 bits per heavy atom. The predicted octanol–water partition coefficient (Wildman–Crippen LogP) is 7.80. The molecule has 0 saturated carbocycles. The van der Waals surface area contributed by atoms with Crippen molar-refractivity contribution in [2.24, 2.45) is 0 Å². The molecule has 1 aliphatic carbocycles. The number of hydrogen-bond acceptors (Lipinski definition) is 9. The summed E-state index contributed by atoms with van der Waals surface area (Å²) in [5, 5.41) is 0. The van der Waals surface area contributed by atoms with Crippen LogP contribution >= 0.6 is 0 Å². The molecule has 4 aliphatic heterocycles. The molecule has 2 fully saturated rings. The summed E-state index contributed by atoms with van der Waals surface area (Å²) in [6, 6.07) is 9.02. The molecule has 1 aromatic carbocycles. The number of epoxide rings is 1. The Hall–Kier alpha value is -4.05. The Morgan fingerprint density at radius 2 is 1.61 bits per heavy atom. The van der Waals surface area contributed by atoms with Crippen LogP contribution in [-0.4, -0.2) is 48.7 Å². The molecule has 0 radical (unpaired) electrons. The lowest BCUT2D eigenvalue weighted by Crippen LogP contribution is -2.38. The highest BCUT2D eigenvalue weighted by Crippen LogP contribution is 2.45. The minimum absolute atomic E-state index is 0.0265. The molecule has 2 aromatic rings. The number of hydrogen-bond donors (Lipinski definition) is 0. The van der Waals surface area contributed by atoms with E-state index >= 15 is 0 Å². The topological polar surface area (TPSA) is 98.1 Å². The summed E-state index contributed by atoms with van der Waals surface area (Å²) in [7, 11) is 0. The van der Waals surface area contributed by atoms with E-state index in [-0.39, 0.29) is 23.4 Å². The van der Waals surface area contributed by atoms with Gasteiger partial charge in [-0.2, -0.15) is 0 Å². The second kappa shape index (κ2) is 13.0. The van der Waals surface area contributed by atoms with Crippen molar-refractivity contribution in [2.45, 2.75) is 109 Å². The molecule has 5 aliphatic rings. The summed E-state index contributed by atoms with van der Waals surface area (Å²) in [5.41, 5.74) is 4.22. The lowest BCUT2D eigenvalue weighted by atomic mass is 9.93. The number of benzene rings is 1. The molecule has 0 amide bonds. The number of allylic oxidation sites excluding steroid dienone is 2. The second-order valence-electron chi connectivity index (χ2n) is 14.6. The van der Waals surface area contributed by atoms with Crippen molar-refractivity contribution in [3.63, 3.8) is 0 Å². The van der Waals surface area contributed by atoms with Crippen LogP contribution in [0, 0.1) is 0 Å². The first-order valence-corrected chi connectivity index (χ1v) is 17.2. The van der Waals surface area contributed by atoms with Crippen molar-refractivity contribution >= 4 is 11.8 Å². The Balaban J connectivity index is 0.926. The first-order chi connectivity index (χ1) is 23.4. The molecule has 49 heavy (non-hydrogen) atoms. The Labute approximate surface area is 287 Å². The molecule has 0 N–H and O–H groups in total. The fourth-order valence-corrected chi connectivity index (χ4v) is 6.80. The van der Waals surface area contributed by atoms with Gasteiger partial charge >= 0.3 is 11.6 Å².